The number of carbonyl (C=O) groups excluding carboxylic acids is 2. The van der Waals surface area contributed by atoms with Crippen LogP contribution in [0.3, 0.4) is 0 Å². The standard InChI is InChI=1S/C31H36BrFN2O3/c1-21(2)24-13-16-28(26(32)18-24)38-20-29(36)35(19-23-11-14-25(33)15-12-23)27(30(37)34-31(3,4)5)17-22-9-7-6-8-10-22/h6-16,18,21,27H,17,19-20H2,1-5H3,(H,34,37). The molecule has 202 valence electrons. The summed E-state index contributed by atoms with van der Waals surface area (Å²) in [6, 6.07) is 20.5. The quantitative estimate of drug-likeness (QED) is 0.291. The highest BCUT2D eigenvalue weighted by Gasteiger charge is 2.32. The average Bonchev–Trinajstić information content (AvgIpc) is 2.85. The van der Waals surface area contributed by atoms with Crippen molar-refractivity contribution in [2.75, 3.05) is 6.61 Å². The minimum atomic E-state index is -0.801. The van der Waals surface area contributed by atoms with E-state index in [1.807, 2.05) is 69.3 Å². The van der Waals surface area contributed by atoms with Crippen LogP contribution in [-0.2, 0) is 22.6 Å². The molecular formula is C31H36BrFN2O3. The highest BCUT2D eigenvalue weighted by Crippen LogP contribution is 2.29. The van der Waals surface area contributed by atoms with Crippen molar-refractivity contribution >= 4 is 27.7 Å². The number of hydrogen-bond acceptors (Lipinski definition) is 3. The maximum absolute atomic E-state index is 13.7. The van der Waals surface area contributed by atoms with Crippen molar-refractivity contribution in [3.63, 3.8) is 0 Å². The van der Waals surface area contributed by atoms with Crippen LogP contribution in [0.4, 0.5) is 4.39 Å². The van der Waals surface area contributed by atoms with Gasteiger partial charge in [0.05, 0.1) is 4.47 Å². The molecule has 38 heavy (non-hydrogen) atoms. The van der Waals surface area contributed by atoms with Crippen molar-refractivity contribution in [2.24, 2.45) is 0 Å². The van der Waals surface area contributed by atoms with Crippen LogP contribution >= 0.6 is 15.9 Å². The van der Waals surface area contributed by atoms with Gasteiger partial charge in [-0.3, -0.25) is 9.59 Å². The van der Waals surface area contributed by atoms with Crippen LogP contribution in [0, 0.1) is 5.82 Å². The fourth-order valence-corrected chi connectivity index (χ4v) is 4.52. The van der Waals surface area contributed by atoms with Gasteiger partial charge in [-0.1, -0.05) is 62.4 Å². The molecule has 0 radical (unpaired) electrons. The van der Waals surface area contributed by atoms with Gasteiger partial charge in [-0.05, 0) is 83.6 Å². The fourth-order valence-electron chi connectivity index (χ4n) is 4.01. The number of nitrogens with zero attached hydrogens (tertiary/aromatic N) is 1. The summed E-state index contributed by atoms with van der Waals surface area (Å²) in [7, 11) is 0. The van der Waals surface area contributed by atoms with Crippen molar-refractivity contribution in [1.82, 2.24) is 10.2 Å². The van der Waals surface area contributed by atoms with Gasteiger partial charge in [0.1, 0.15) is 17.6 Å². The number of amides is 2. The first-order chi connectivity index (χ1) is 17.9. The van der Waals surface area contributed by atoms with Gasteiger partial charge in [0, 0.05) is 18.5 Å². The molecule has 1 atom stereocenters. The molecule has 2 amide bonds. The van der Waals surface area contributed by atoms with E-state index in [1.54, 1.807) is 12.1 Å². The Balaban J connectivity index is 1.92. The molecule has 0 spiro atoms. The monoisotopic (exact) mass is 582 g/mol. The first-order valence-corrected chi connectivity index (χ1v) is 13.5. The number of benzene rings is 3. The van der Waals surface area contributed by atoms with E-state index in [0.717, 1.165) is 15.6 Å². The van der Waals surface area contributed by atoms with Crippen molar-refractivity contribution in [1.29, 1.82) is 0 Å². The first kappa shape index (κ1) is 29.4. The third-order valence-corrected chi connectivity index (χ3v) is 6.63. The molecule has 0 aliphatic carbocycles. The largest absolute Gasteiger partial charge is 0.483 e. The highest BCUT2D eigenvalue weighted by molar-refractivity contribution is 9.10. The lowest BCUT2D eigenvalue weighted by Gasteiger charge is -2.33. The van der Waals surface area contributed by atoms with Crippen molar-refractivity contribution in [3.05, 3.63) is 99.8 Å². The molecule has 5 nitrogen and oxygen atoms in total. The van der Waals surface area contributed by atoms with Crippen molar-refractivity contribution < 1.29 is 18.7 Å². The Morgan fingerprint density at radius 1 is 0.974 bits per heavy atom. The summed E-state index contributed by atoms with van der Waals surface area (Å²) in [5.41, 5.74) is 2.29. The van der Waals surface area contributed by atoms with Crippen LogP contribution in [0.2, 0.25) is 0 Å². The van der Waals surface area contributed by atoms with Gasteiger partial charge in [-0.2, -0.15) is 0 Å². The van der Waals surface area contributed by atoms with E-state index in [1.165, 1.54) is 17.0 Å². The van der Waals surface area contributed by atoms with E-state index >= 15 is 0 Å². The lowest BCUT2D eigenvalue weighted by molar-refractivity contribution is -0.143. The maximum atomic E-state index is 13.7. The first-order valence-electron chi connectivity index (χ1n) is 12.7. The van der Waals surface area contributed by atoms with Gasteiger partial charge >= 0.3 is 0 Å². The molecule has 3 aromatic rings. The smallest absolute Gasteiger partial charge is 0.261 e. The van der Waals surface area contributed by atoms with E-state index < -0.39 is 11.6 Å². The molecule has 3 aromatic carbocycles. The van der Waals surface area contributed by atoms with Crippen LogP contribution in [0.5, 0.6) is 5.75 Å². The lowest BCUT2D eigenvalue weighted by atomic mass is 10.0. The topological polar surface area (TPSA) is 58.6 Å². The third kappa shape index (κ3) is 8.69. The average molecular weight is 584 g/mol. The molecule has 0 saturated heterocycles. The summed E-state index contributed by atoms with van der Waals surface area (Å²) in [6.07, 6.45) is 0.322. The number of hydrogen-bond donors (Lipinski definition) is 1. The summed E-state index contributed by atoms with van der Waals surface area (Å²) in [6.45, 7) is 9.79. The molecule has 0 fully saturated rings. The Kier molecular flexibility index (Phi) is 10.1. The summed E-state index contributed by atoms with van der Waals surface area (Å²) < 4.78 is 20.3. The fraction of sp³-hybridized carbons (Fsp3) is 0.355. The Bertz CT molecular complexity index is 1220. The highest BCUT2D eigenvalue weighted by atomic mass is 79.9. The minimum Gasteiger partial charge on any atom is -0.483 e. The number of ether oxygens (including phenoxy) is 1. The Hall–Kier alpha value is -3.19. The van der Waals surface area contributed by atoms with Crippen molar-refractivity contribution in [3.8, 4) is 5.75 Å². The van der Waals surface area contributed by atoms with Gasteiger partial charge in [-0.25, -0.2) is 4.39 Å². The molecule has 1 unspecified atom stereocenters. The Morgan fingerprint density at radius 2 is 1.63 bits per heavy atom. The van der Waals surface area contributed by atoms with E-state index in [0.29, 0.717) is 23.7 Å². The normalized spacial score (nSPS) is 12.2. The zero-order valence-electron chi connectivity index (χ0n) is 22.6. The van der Waals surface area contributed by atoms with Gasteiger partial charge in [-0.15, -0.1) is 0 Å². The molecule has 0 saturated carbocycles. The molecule has 0 aliphatic heterocycles. The second-order valence-electron chi connectivity index (χ2n) is 10.7. The third-order valence-electron chi connectivity index (χ3n) is 6.01. The van der Waals surface area contributed by atoms with E-state index in [2.05, 4.69) is 35.1 Å². The number of halogens is 2. The zero-order chi connectivity index (χ0) is 27.9. The molecule has 0 aliphatic rings. The summed E-state index contributed by atoms with van der Waals surface area (Å²) >= 11 is 3.54. The lowest BCUT2D eigenvalue weighted by Crippen LogP contribution is -2.55. The Morgan fingerprint density at radius 3 is 2.21 bits per heavy atom. The molecule has 0 heterocycles. The predicted molar refractivity (Wildman–Crippen MR) is 153 cm³/mol. The van der Waals surface area contributed by atoms with Gasteiger partial charge < -0.3 is 15.0 Å². The number of carbonyl (C=O) groups is 2. The molecular weight excluding hydrogens is 547 g/mol. The van der Waals surface area contributed by atoms with E-state index in [9.17, 15) is 14.0 Å². The molecule has 7 heteroatoms. The minimum absolute atomic E-state index is 0.130. The summed E-state index contributed by atoms with van der Waals surface area (Å²) in [4.78, 5) is 28.8. The zero-order valence-corrected chi connectivity index (χ0v) is 24.2. The molecule has 1 N–H and O–H groups in total. The van der Waals surface area contributed by atoms with Gasteiger partial charge in [0.2, 0.25) is 5.91 Å². The van der Waals surface area contributed by atoms with Crippen LogP contribution in [-0.4, -0.2) is 34.9 Å². The van der Waals surface area contributed by atoms with Crippen LogP contribution in [0.15, 0.2) is 77.3 Å². The van der Waals surface area contributed by atoms with Gasteiger partial charge in [0.15, 0.2) is 6.61 Å². The van der Waals surface area contributed by atoms with Crippen LogP contribution in [0.25, 0.3) is 0 Å². The van der Waals surface area contributed by atoms with Crippen LogP contribution in [0.1, 0.15) is 57.2 Å². The second-order valence-corrected chi connectivity index (χ2v) is 11.6. The maximum Gasteiger partial charge on any atom is 0.261 e. The Labute approximate surface area is 233 Å². The number of nitrogens with one attached hydrogen (secondary N) is 1. The molecule has 0 bridgehead atoms. The number of rotatable bonds is 10. The predicted octanol–water partition coefficient (Wildman–Crippen LogP) is 6.65. The van der Waals surface area contributed by atoms with E-state index in [4.69, 9.17) is 4.74 Å². The van der Waals surface area contributed by atoms with Crippen molar-refractivity contribution in [2.45, 2.75) is 65.1 Å². The summed E-state index contributed by atoms with van der Waals surface area (Å²) in [5.74, 6) is -0.0779. The molecule has 0 aromatic heterocycles. The van der Waals surface area contributed by atoms with E-state index in [-0.39, 0.29) is 30.8 Å². The van der Waals surface area contributed by atoms with Crippen LogP contribution < -0.4 is 10.1 Å². The molecule has 3 rings (SSSR count). The van der Waals surface area contributed by atoms with Gasteiger partial charge in [0.25, 0.3) is 5.91 Å². The second kappa shape index (κ2) is 13.1. The summed E-state index contributed by atoms with van der Waals surface area (Å²) in [5, 5.41) is 3.03. The SMILES string of the molecule is CC(C)c1ccc(OCC(=O)N(Cc2ccc(F)cc2)C(Cc2ccccc2)C(=O)NC(C)(C)C)c(Br)c1.